The molecule has 0 aliphatic heterocycles. The van der Waals surface area contributed by atoms with E-state index in [9.17, 15) is 4.79 Å². The van der Waals surface area contributed by atoms with Crippen LogP contribution in [-0.2, 0) is 6.54 Å². The minimum Gasteiger partial charge on any atom is -0.478 e. The highest BCUT2D eigenvalue weighted by Gasteiger charge is 2.05. The summed E-state index contributed by atoms with van der Waals surface area (Å²) >= 11 is 5.97. The highest BCUT2D eigenvalue weighted by Crippen LogP contribution is 2.20. The Hall–Kier alpha value is -2.59. The summed E-state index contributed by atoms with van der Waals surface area (Å²) < 4.78 is 1.83. The van der Waals surface area contributed by atoms with Crippen LogP contribution in [-0.4, -0.2) is 20.9 Å². The molecule has 110 valence electrons. The average Bonchev–Trinajstić information content (AvgIpc) is 2.96. The number of carboxylic acid groups (broad SMARTS) is 1. The van der Waals surface area contributed by atoms with Crippen LogP contribution in [0.3, 0.4) is 0 Å². The van der Waals surface area contributed by atoms with Crippen LogP contribution in [0.2, 0.25) is 5.02 Å². The zero-order valence-electron chi connectivity index (χ0n) is 11.6. The molecule has 4 nitrogen and oxygen atoms in total. The van der Waals surface area contributed by atoms with Crippen LogP contribution in [0.1, 0.15) is 15.9 Å². The van der Waals surface area contributed by atoms with Gasteiger partial charge in [0.2, 0.25) is 0 Å². The minimum absolute atomic E-state index is 0.273. The molecular weight excluding hydrogens is 300 g/mol. The van der Waals surface area contributed by atoms with Crippen molar-refractivity contribution in [2.24, 2.45) is 0 Å². The zero-order chi connectivity index (χ0) is 15.5. The van der Waals surface area contributed by atoms with Crippen LogP contribution in [0.15, 0.2) is 60.9 Å². The Labute approximate surface area is 132 Å². The molecule has 0 saturated heterocycles. The standard InChI is InChI=1S/C17H13ClN2O2/c18-16-3-1-2-12(8-16)10-20-11-15(9-19-20)13-4-6-14(7-5-13)17(21)22/h1-9,11H,10H2,(H,21,22). The van der Waals surface area contributed by atoms with Crippen molar-refractivity contribution in [1.29, 1.82) is 0 Å². The molecule has 0 spiro atoms. The smallest absolute Gasteiger partial charge is 0.335 e. The third-order valence-corrected chi connectivity index (χ3v) is 3.57. The van der Waals surface area contributed by atoms with Gasteiger partial charge in [-0.3, -0.25) is 4.68 Å². The molecule has 0 amide bonds. The summed E-state index contributed by atoms with van der Waals surface area (Å²) in [5, 5.41) is 13.9. The van der Waals surface area contributed by atoms with Gasteiger partial charge in [-0.25, -0.2) is 4.79 Å². The molecule has 2 aromatic carbocycles. The lowest BCUT2D eigenvalue weighted by molar-refractivity contribution is 0.0697. The number of aromatic nitrogens is 2. The third-order valence-electron chi connectivity index (χ3n) is 3.33. The van der Waals surface area contributed by atoms with E-state index in [-0.39, 0.29) is 5.56 Å². The van der Waals surface area contributed by atoms with Crippen LogP contribution in [0, 0.1) is 0 Å². The number of carboxylic acids is 1. The van der Waals surface area contributed by atoms with Crippen molar-refractivity contribution < 1.29 is 9.90 Å². The monoisotopic (exact) mass is 312 g/mol. The highest BCUT2D eigenvalue weighted by atomic mass is 35.5. The fourth-order valence-electron chi connectivity index (χ4n) is 2.23. The molecule has 22 heavy (non-hydrogen) atoms. The maximum absolute atomic E-state index is 10.9. The number of carbonyl (C=O) groups is 1. The van der Waals surface area contributed by atoms with Gasteiger partial charge in [-0.1, -0.05) is 35.9 Å². The van der Waals surface area contributed by atoms with Gasteiger partial charge in [0.1, 0.15) is 0 Å². The Morgan fingerprint density at radius 1 is 1.14 bits per heavy atom. The van der Waals surface area contributed by atoms with E-state index in [4.69, 9.17) is 16.7 Å². The maximum Gasteiger partial charge on any atom is 0.335 e. The van der Waals surface area contributed by atoms with Gasteiger partial charge >= 0.3 is 5.97 Å². The normalized spacial score (nSPS) is 10.6. The number of aromatic carboxylic acids is 1. The van der Waals surface area contributed by atoms with Crippen molar-refractivity contribution in [3.63, 3.8) is 0 Å². The van der Waals surface area contributed by atoms with Gasteiger partial charge in [0.15, 0.2) is 0 Å². The molecule has 0 unspecified atom stereocenters. The maximum atomic E-state index is 10.9. The van der Waals surface area contributed by atoms with Gasteiger partial charge < -0.3 is 5.11 Å². The minimum atomic E-state index is -0.928. The molecule has 3 aromatic rings. The zero-order valence-corrected chi connectivity index (χ0v) is 12.4. The Morgan fingerprint density at radius 3 is 2.59 bits per heavy atom. The van der Waals surface area contributed by atoms with Gasteiger partial charge in [0.05, 0.1) is 18.3 Å². The number of rotatable bonds is 4. The number of hydrogen-bond donors (Lipinski definition) is 1. The van der Waals surface area contributed by atoms with E-state index < -0.39 is 5.97 Å². The van der Waals surface area contributed by atoms with Crippen molar-refractivity contribution in [2.45, 2.75) is 6.54 Å². The van der Waals surface area contributed by atoms with Crippen molar-refractivity contribution in [3.05, 3.63) is 77.1 Å². The predicted octanol–water partition coefficient (Wildman–Crippen LogP) is 3.95. The first-order chi connectivity index (χ1) is 10.6. The molecule has 0 aliphatic rings. The van der Waals surface area contributed by atoms with Gasteiger partial charge in [-0.05, 0) is 35.4 Å². The Balaban J connectivity index is 1.80. The predicted molar refractivity (Wildman–Crippen MR) is 85.2 cm³/mol. The first-order valence-corrected chi connectivity index (χ1v) is 7.10. The lowest BCUT2D eigenvalue weighted by Gasteiger charge is -2.02. The first kappa shape index (κ1) is 14.4. The van der Waals surface area contributed by atoms with Gasteiger partial charge in [0.25, 0.3) is 0 Å². The second-order valence-corrected chi connectivity index (χ2v) is 5.38. The second kappa shape index (κ2) is 6.03. The summed E-state index contributed by atoms with van der Waals surface area (Å²) in [6.07, 6.45) is 3.69. The van der Waals surface area contributed by atoms with E-state index in [0.717, 1.165) is 16.7 Å². The van der Waals surface area contributed by atoms with Crippen LogP contribution in [0.25, 0.3) is 11.1 Å². The highest BCUT2D eigenvalue weighted by molar-refractivity contribution is 6.30. The van der Waals surface area contributed by atoms with Crippen molar-refractivity contribution in [3.8, 4) is 11.1 Å². The third kappa shape index (κ3) is 3.18. The average molecular weight is 313 g/mol. The lowest BCUT2D eigenvalue weighted by atomic mass is 10.1. The van der Waals surface area contributed by atoms with Crippen LogP contribution < -0.4 is 0 Å². The molecule has 1 aromatic heterocycles. The van der Waals surface area contributed by atoms with E-state index in [2.05, 4.69) is 5.10 Å². The largest absolute Gasteiger partial charge is 0.478 e. The molecule has 1 heterocycles. The Bertz CT molecular complexity index is 810. The van der Waals surface area contributed by atoms with E-state index in [0.29, 0.717) is 11.6 Å². The van der Waals surface area contributed by atoms with E-state index in [1.807, 2.05) is 35.1 Å². The molecular formula is C17H13ClN2O2. The van der Waals surface area contributed by atoms with E-state index >= 15 is 0 Å². The Kier molecular flexibility index (Phi) is 3.94. The Morgan fingerprint density at radius 2 is 1.91 bits per heavy atom. The van der Waals surface area contributed by atoms with Crippen LogP contribution in [0.5, 0.6) is 0 Å². The lowest BCUT2D eigenvalue weighted by Crippen LogP contribution is -1.99. The van der Waals surface area contributed by atoms with Gasteiger partial charge in [-0.15, -0.1) is 0 Å². The summed E-state index contributed by atoms with van der Waals surface area (Å²) in [5.74, 6) is -0.928. The van der Waals surface area contributed by atoms with Crippen molar-refractivity contribution >= 4 is 17.6 Å². The molecule has 0 radical (unpaired) electrons. The summed E-state index contributed by atoms with van der Waals surface area (Å²) in [7, 11) is 0. The topological polar surface area (TPSA) is 55.1 Å². The molecule has 0 fully saturated rings. The van der Waals surface area contributed by atoms with E-state index in [1.165, 1.54) is 0 Å². The van der Waals surface area contributed by atoms with E-state index in [1.54, 1.807) is 30.5 Å². The number of nitrogens with zero attached hydrogens (tertiary/aromatic N) is 2. The summed E-state index contributed by atoms with van der Waals surface area (Å²) in [5.41, 5.74) is 3.22. The molecule has 0 bridgehead atoms. The first-order valence-electron chi connectivity index (χ1n) is 6.72. The molecule has 1 N–H and O–H groups in total. The van der Waals surface area contributed by atoms with Gasteiger partial charge in [-0.2, -0.15) is 5.10 Å². The quantitative estimate of drug-likeness (QED) is 0.793. The second-order valence-electron chi connectivity index (χ2n) is 4.94. The van der Waals surface area contributed by atoms with Crippen molar-refractivity contribution in [1.82, 2.24) is 9.78 Å². The molecule has 5 heteroatoms. The van der Waals surface area contributed by atoms with Crippen molar-refractivity contribution in [2.75, 3.05) is 0 Å². The molecule has 0 aliphatic carbocycles. The molecule has 0 atom stereocenters. The van der Waals surface area contributed by atoms with Gasteiger partial charge in [0, 0.05) is 16.8 Å². The number of halogens is 1. The summed E-state index contributed by atoms with van der Waals surface area (Å²) in [4.78, 5) is 10.9. The summed E-state index contributed by atoms with van der Waals surface area (Å²) in [6, 6.07) is 14.4. The SMILES string of the molecule is O=C(O)c1ccc(-c2cnn(Cc3cccc(Cl)c3)c2)cc1. The van der Waals surface area contributed by atoms with Crippen LogP contribution >= 0.6 is 11.6 Å². The number of hydrogen-bond acceptors (Lipinski definition) is 2. The fraction of sp³-hybridized carbons (Fsp3) is 0.0588. The molecule has 3 rings (SSSR count). The summed E-state index contributed by atoms with van der Waals surface area (Å²) in [6.45, 7) is 0.633. The molecule has 0 saturated carbocycles. The fourth-order valence-corrected chi connectivity index (χ4v) is 2.44. The number of benzene rings is 2. The van der Waals surface area contributed by atoms with Crippen LogP contribution in [0.4, 0.5) is 0 Å².